The smallest absolute Gasteiger partial charge is 0.258 e. The maximum atomic E-state index is 14.4. The molecule has 5 heteroatoms. The SMILES string of the molecule is Cc1ccc(C(=O)N2CCc3cc(-c4c[nH]c5ccc(C)cc45)sc3-c3ccc(F)cc32)cc1. The van der Waals surface area contributed by atoms with Crippen LogP contribution < -0.4 is 4.90 Å². The van der Waals surface area contributed by atoms with E-state index in [0.717, 1.165) is 21.5 Å². The largest absolute Gasteiger partial charge is 0.361 e. The number of nitrogens with zero attached hydrogens (tertiary/aromatic N) is 1. The third-order valence-electron chi connectivity index (χ3n) is 6.56. The molecule has 1 aliphatic heterocycles. The lowest BCUT2D eigenvalue weighted by atomic mass is 10.1. The van der Waals surface area contributed by atoms with Gasteiger partial charge >= 0.3 is 0 Å². The van der Waals surface area contributed by atoms with Crippen LogP contribution in [-0.4, -0.2) is 17.4 Å². The van der Waals surface area contributed by atoms with Crippen molar-refractivity contribution in [3.8, 4) is 20.9 Å². The molecular weight excluding hydrogens is 443 g/mol. The summed E-state index contributed by atoms with van der Waals surface area (Å²) in [5.74, 6) is -0.442. The van der Waals surface area contributed by atoms with Crippen LogP contribution in [0.1, 0.15) is 27.0 Å². The Morgan fingerprint density at radius 2 is 1.74 bits per heavy atom. The van der Waals surface area contributed by atoms with Crippen molar-refractivity contribution >= 4 is 33.8 Å². The third-order valence-corrected chi connectivity index (χ3v) is 7.80. The Hall–Kier alpha value is -3.70. The summed E-state index contributed by atoms with van der Waals surface area (Å²) in [5.41, 5.74) is 7.94. The number of halogens is 1. The summed E-state index contributed by atoms with van der Waals surface area (Å²) in [6.07, 6.45) is 2.77. The number of aromatic amines is 1. The van der Waals surface area contributed by atoms with Crippen molar-refractivity contribution in [1.82, 2.24) is 4.98 Å². The molecule has 0 bridgehead atoms. The average molecular weight is 467 g/mol. The number of amides is 1. The van der Waals surface area contributed by atoms with Crippen molar-refractivity contribution in [3.05, 3.63) is 101 Å². The van der Waals surface area contributed by atoms with Gasteiger partial charge in [0.2, 0.25) is 0 Å². The van der Waals surface area contributed by atoms with Gasteiger partial charge in [0, 0.05) is 50.1 Å². The standard InChI is InChI=1S/C29H23FN2OS/c1-17-3-6-19(7-4-17)29(33)32-12-11-20-14-27(24-16-31-25-10-5-18(2)13-23(24)25)34-28(20)22-9-8-21(30)15-26(22)32/h3-10,13-16,31H,11-12H2,1-2H3. The van der Waals surface area contributed by atoms with Gasteiger partial charge in [0.1, 0.15) is 5.82 Å². The minimum Gasteiger partial charge on any atom is -0.361 e. The number of hydrogen-bond acceptors (Lipinski definition) is 2. The number of aromatic nitrogens is 1. The number of aryl methyl sites for hydroxylation is 2. The molecule has 3 aromatic carbocycles. The lowest BCUT2D eigenvalue weighted by molar-refractivity contribution is 0.0987. The van der Waals surface area contributed by atoms with Crippen molar-refractivity contribution in [3.63, 3.8) is 0 Å². The monoisotopic (exact) mass is 466 g/mol. The van der Waals surface area contributed by atoms with Gasteiger partial charge in [-0.2, -0.15) is 0 Å². The van der Waals surface area contributed by atoms with Crippen LogP contribution in [0.15, 0.2) is 72.9 Å². The van der Waals surface area contributed by atoms with Gasteiger partial charge in [0.25, 0.3) is 5.91 Å². The zero-order valence-electron chi connectivity index (χ0n) is 19.0. The van der Waals surface area contributed by atoms with Crippen LogP contribution in [0.2, 0.25) is 0 Å². The lowest BCUT2D eigenvalue weighted by Gasteiger charge is -2.23. The van der Waals surface area contributed by atoms with Crippen LogP contribution in [0.3, 0.4) is 0 Å². The van der Waals surface area contributed by atoms with Crippen LogP contribution >= 0.6 is 11.3 Å². The first-order valence-electron chi connectivity index (χ1n) is 11.4. The Kier molecular flexibility index (Phi) is 4.89. The van der Waals surface area contributed by atoms with Crippen LogP contribution in [-0.2, 0) is 6.42 Å². The van der Waals surface area contributed by atoms with Crippen molar-refractivity contribution in [2.45, 2.75) is 20.3 Å². The summed E-state index contributed by atoms with van der Waals surface area (Å²) in [4.78, 5) is 20.8. The molecule has 1 N–H and O–H groups in total. The van der Waals surface area contributed by atoms with Crippen molar-refractivity contribution in [2.75, 3.05) is 11.4 Å². The topological polar surface area (TPSA) is 36.1 Å². The number of anilines is 1. The third kappa shape index (κ3) is 3.44. The molecule has 1 aliphatic rings. The van der Waals surface area contributed by atoms with Gasteiger partial charge in [-0.1, -0.05) is 29.3 Å². The molecule has 34 heavy (non-hydrogen) atoms. The zero-order valence-corrected chi connectivity index (χ0v) is 19.8. The summed E-state index contributed by atoms with van der Waals surface area (Å²) in [7, 11) is 0. The number of carbonyl (C=O) groups excluding carboxylic acids is 1. The van der Waals surface area contributed by atoms with E-state index >= 15 is 0 Å². The Morgan fingerprint density at radius 1 is 0.941 bits per heavy atom. The molecule has 3 nitrogen and oxygen atoms in total. The summed E-state index contributed by atoms with van der Waals surface area (Å²) in [5, 5.41) is 1.20. The summed E-state index contributed by atoms with van der Waals surface area (Å²) in [6, 6.07) is 21.0. The predicted molar refractivity (Wildman–Crippen MR) is 138 cm³/mol. The first-order valence-corrected chi connectivity index (χ1v) is 12.2. The molecule has 0 fully saturated rings. The summed E-state index contributed by atoms with van der Waals surface area (Å²) >= 11 is 1.71. The molecule has 0 spiro atoms. The van der Waals surface area contributed by atoms with Gasteiger partial charge in [-0.25, -0.2) is 4.39 Å². The number of benzene rings is 3. The minimum atomic E-state index is -0.340. The number of fused-ring (bicyclic) bond motifs is 4. The van der Waals surface area contributed by atoms with E-state index in [0.29, 0.717) is 24.2 Å². The van der Waals surface area contributed by atoms with Crippen molar-refractivity contribution in [1.29, 1.82) is 0 Å². The molecule has 0 saturated heterocycles. The highest BCUT2D eigenvalue weighted by molar-refractivity contribution is 7.19. The quantitative estimate of drug-likeness (QED) is 0.287. The molecule has 0 radical (unpaired) electrons. The van der Waals surface area contributed by atoms with Crippen LogP contribution in [0.25, 0.3) is 31.8 Å². The van der Waals surface area contributed by atoms with Gasteiger partial charge in [-0.3, -0.25) is 4.79 Å². The molecule has 3 heterocycles. The molecular formula is C29H23FN2OS. The molecule has 5 aromatic rings. The average Bonchev–Trinajstić information content (AvgIpc) is 3.40. The number of thiophene rings is 1. The highest BCUT2D eigenvalue weighted by atomic mass is 32.1. The van der Waals surface area contributed by atoms with Gasteiger partial charge in [0.05, 0.1) is 5.69 Å². The van der Waals surface area contributed by atoms with E-state index in [-0.39, 0.29) is 11.7 Å². The summed E-state index contributed by atoms with van der Waals surface area (Å²) < 4.78 is 14.4. The fraction of sp³-hybridized carbons (Fsp3) is 0.138. The first kappa shape index (κ1) is 20.9. The van der Waals surface area contributed by atoms with Gasteiger partial charge in [-0.05, 0) is 74.4 Å². The molecule has 168 valence electrons. The minimum absolute atomic E-state index is 0.102. The molecule has 6 rings (SSSR count). The van der Waals surface area contributed by atoms with Gasteiger partial charge < -0.3 is 9.88 Å². The van der Waals surface area contributed by atoms with Crippen LogP contribution in [0.4, 0.5) is 10.1 Å². The van der Waals surface area contributed by atoms with Crippen LogP contribution in [0, 0.1) is 19.7 Å². The number of rotatable bonds is 2. The second kappa shape index (κ2) is 7.96. The highest BCUT2D eigenvalue weighted by Crippen LogP contribution is 2.46. The van der Waals surface area contributed by atoms with Gasteiger partial charge in [-0.15, -0.1) is 11.3 Å². The second-order valence-electron chi connectivity index (χ2n) is 8.95. The van der Waals surface area contributed by atoms with Crippen LogP contribution in [0.5, 0.6) is 0 Å². The van der Waals surface area contributed by atoms with E-state index in [1.807, 2.05) is 37.3 Å². The number of H-pyrrole nitrogens is 1. The maximum Gasteiger partial charge on any atom is 0.258 e. The van der Waals surface area contributed by atoms with E-state index in [4.69, 9.17) is 0 Å². The van der Waals surface area contributed by atoms with E-state index in [1.165, 1.54) is 39.1 Å². The van der Waals surface area contributed by atoms with E-state index in [1.54, 1.807) is 16.2 Å². The highest BCUT2D eigenvalue weighted by Gasteiger charge is 2.27. The lowest BCUT2D eigenvalue weighted by Crippen LogP contribution is -2.32. The molecule has 0 saturated carbocycles. The normalized spacial score (nSPS) is 13.0. The zero-order chi connectivity index (χ0) is 23.4. The predicted octanol–water partition coefficient (Wildman–Crippen LogP) is 7.52. The van der Waals surface area contributed by atoms with E-state index in [9.17, 15) is 9.18 Å². The molecule has 0 aliphatic carbocycles. The maximum absolute atomic E-state index is 14.4. The molecule has 1 amide bonds. The molecule has 2 aromatic heterocycles. The number of nitrogens with one attached hydrogen (secondary N) is 1. The fourth-order valence-corrected chi connectivity index (χ4v) is 6.02. The van der Waals surface area contributed by atoms with Crippen molar-refractivity contribution < 1.29 is 9.18 Å². The Labute approximate surface area is 201 Å². The first-order chi connectivity index (χ1) is 16.5. The Morgan fingerprint density at radius 3 is 2.56 bits per heavy atom. The Balaban J connectivity index is 1.46. The Bertz CT molecular complexity index is 1560. The number of carbonyl (C=O) groups is 1. The van der Waals surface area contributed by atoms with E-state index in [2.05, 4.69) is 42.4 Å². The molecule has 0 atom stereocenters. The van der Waals surface area contributed by atoms with E-state index < -0.39 is 0 Å². The van der Waals surface area contributed by atoms with Gasteiger partial charge in [0.15, 0.2) is 0 Å². The second-order valence-corrected chi connectivity index (χ2v) is 10.0. The fourth-order valence-electron chi connectivity index (χ4n) is 4.75. The summed E-state index contributed by atoms with van der Waals surface area (Å²) in [6.45, 7) is 4.60. The van der Waals surface area contributed by atoms with Crippen molar-refractivity contribution in [2.24, 2.45) is 0 Å². The number of hydrogen-bond donors (Lipinski definition) is 1. The molecule has 0 unspecified atom stereocenters.